The van der Waals surface area contributed by atoms with Gasteiger partial charge in [0.15, 0.2) is 11.6 Å². The van der Waals surface area contributed by atoms with Gasteiger partial charge in [0, 0.05) is 13.1 Å². The Morgan fingerprint density at radius 2 is 1.85 bits per heavy atom. The highest BCUT2D eigenvalue weighted by molar-refractivity contribution is 7.89. The first kappa shape index (κ1) is 14.9. The highest BCUT2D eigenvalue weighted by Gasteiger charge is 2.30. The number of amides is 1. The van der Waals surface area contributed by atoms with E-state index in [1.807, 2.05) is 0 Å². The van der Waals surface area contributed by atoms with Crippen LogP contribution in [-0.2, 0) is 10.0 Å². The van der Waals surface area contributed by atoms with Gasteiger partial charge in [0.05, 0.1) is 10.5 Å². The van der Waals surface area contributed by atoms with E-state index in [1.54, 1.807) is 0 Å². The molecule has 1 fully saturated rings. The lowest BCUT2D eigenvalue weighted by molar-refractivity contribution is 0.0647. The van der Waals surface area contributed by atoms with E-state index in [2.05, 4.69) is 0 Å². The molecule has 1 saturated carbocycles. The maximum Gasteiger partial charge on any atom is 0.255 e. The van der Waals surface area contributed by atoms with Gasteiger partial charge >= 0.3 is 0 Å². The van der Waals surface area contributed by atoms with E-state index in [0.717, 1.165) is 19.3 Å². The number of nitrogens with two attached hydrogens (primary N) is 1. The number of rotatable bonds is 3. The third-order valence-corrected chi connectivity index (χ3v) is 4.45. The van der Waals surface area contributed by atoms with Crippen molar-refractivity contribution < 1.29 is 22.0 Å². The van der Waals surface area contributed by atoms with Crippen LogP contribution in [0.1, 0.15) is 29.6 Å². The fourth-order valence-corrected chi connectivity index (χ4v) is 2.78. The normalized spacial score (nSPS) is 15.8. The minimum Gasteiger partial charge on any atom is -0.339 e. The van der Waals surface area contributed by atoms with Crippen molar-refractivity contribution in [3.63, 3.8) is 0 Å². The minimum atomic E-state index is -4.32. The van der Waals surface area contributed by atoms with Gasteiger partial charge in [-0.2, -0.15) is 0 Å². The fraction of sp³-hybridized carbons (Fsp3) is 0.417. The second-order valence-electron chi connectivity index (χ2n) is 4.81. The summed E-state index contributed by atoms with van der Waals surface area (Å²) in [7, 11) is -2.82. The van der Waals surface area contributed by atoms with E-state index in [4.69, 9.17) is 5.14 Å². The van der Waals surface area contributed by atoms with Gasteiger partial charge in [-0.15, -0.1) is 0 Å². The van der Waals surface area contributed by atoms with E-state index in [0.29, 0.717) is 12.1 Å². The molecular formula is C12H14F2N2O3S. The Bertz CT molecular complexity index is 657. The summed E-state index contributed by atoms with van der Waals surface area (Å²) in [6.07, 6.45) is 2.58. The quantitative estimate of drug-likeness (QED) is 0.912. The van der Waals surface area contributed by atoms with Crippen molar-refractivity contribution in [2.75, 3.05) is 7.05 Å². The summed E-state index contributed by atoms with van der Waals surface area (Å²) >= 11 is 0. The molecule has 0 heterocycles. The molecule has 1 amide bonds. The predicted octanol–water partition coefficient (Wildman–Crippen LogP) is 1.24. The number of benzene rings is 1. The lowest BCUT2D eigenvalue weighted by Gasteiger charge is -2.35. The SMILES string of the molecule is CN(C(=O)c1cc(F)c(F)cc1S(N)(=O)=O)C1CCC1. The zero-order valence-corrected chi connectivity index (χ0v) is 11.6. The van der Waals surface area contributed by atoms with Gasteiger partial charge in [0.2, 0.25) is 10.0 Å². The molecule has 0 spiro atoms. The number of hydrogen-bond donors (Lipinski definition) is 1. The van der Waals surface area contributed by atoms with Gasteiger partial charge in [-0.3, -0.25) is 4.79 Å². The molecule has 1 aliphatic carbocycles. The molecule has 8 heteroatoms. The Labute approximate surface area is 115 Å². The van der Waals surface area contributed by atoms with Crippen molar-refractivity contribution in [3.8, 4) is 0 Å². The number of sulfonamides is 1. The van der Waals surface area contributed by atoms with Crippen LogP contribution in [-0.4, -0.2) is 32.3 Å². The van der Waals surface area contributed by atoms with Crippen LogP contribution in [0.4, 0.5) is 8.78 Å². The summed E-state index contributed by atoms with van der Waals surface area (Å²) in [4.78, 5) is 12.9. The van der Waals surface area contributed by atoms with Crippen molar-refractivity contribution in [1.29, 1.82) is 0 Å². The van der Waals surface area contributed by atoms with Crippen LogP contribution in [0.5, 0.6) is 0 Å². The molecular weight excluding hydrogens is 290 g/mol. The number of halogens is 2. The fourth-order valence-electron chi connectivity index (χ4n) is 2.06. The van der Waals surface area contributed by atoms with Crippen LogP contribution in [0.15, 0.2) is 17.0 Å². The number of hydrogen-bond acceptors (Lipinski definition) is 3. The topological polar surface area (TPSA) is 80.5 Å². The van der Waals surface area contributed by atoms with Crippen LogP contribution >= 0.6 is 0 Å². The monoisotopic (exact) mass is 304 g/mol. The van der Waals surface area contributed by atoms with Gasteiger partial charge in [-0.25, -0.2) is 22.3 Å². The molecule has 0 aromatic heterocycles. The molecule has 0 radical (unpaired) electrons. The number of carbonyl (C=O) groups excluding carboxylic acids is 1. The first-order chi connectivity index (χ1) is 9.21. The molecule has 1 aromatic rings. The van der Waals surface area contributed by atoms with Crippen molar-refractivity contribution in [2.24, 2.45) is 5.14 Å². The maximum atomic E-state index is 13.3. The summed E-state index contributed by atoms with van der Waals surface area (Å²) in [5.74, 6) is -3.34. The zero-order chi connectivity index (χ0) is 15.1. The average molecular weight is 304 g/mol. The summed E-state index contributed by atoms with van der Waals surface area (Å²) in [5.41, 5.74) is -0.444. The number of nitrogens with zero attached hydrogens (tertiary/aromatic N) is 1. The van der Waals surface area contributed by atoms with Gasteiger partial charge in [0.1, 0.15) is 0 Å². The number of primary sulfonamides is 1. The summed E-state index contributed by atoms with van der Waals surface area (Å²) in [6, 6.07) is 1.00. The van der Waals surface area contributed by atoms with Gasteiger partial charge in [-0.05, 0) is 31.4 Å². The first-order valence-electron chi connectivity index (χ1n) is 6.01. The Balaban J connectivity index is 2.49. The van der Waals surface area contributed by atoms with E-state index >= 15 is 0 Å². The number of carbonyl (C=O) groups is 1. The molecule has 0 unspecified atom stereocenters. The third-order valence-electron chi connectivity index (χ3n) is 3.50. The van der Waals surface area contributed by atoms with Gasteiger partial charge < -0.3 is 4.90 Å². The Hall–Kier alpha value is -1.54. The highest BCUT2D eigenvalue weighted by Crippen LogP contribution is 2.27. The van der Waals surface area contributed by atoms with Gasteiger partial charge in [-0.1, -0.05) is 0 Å². The van der Waals surface area contributed by atoms with Crippen LogP contribution in [0, 0.1) is 11.6 Å². The van der Waals surface area contributed by atoms with E-state index in [9.17, 15) is 22.0 Å². The van der Waals surface area contributed by atoms with Crippen LogP contribution < -0.4 is 5.14 Å². The van der Waals surface area contributed by atoms with Crippen molar-refractivity contribution in [1.82, 2.24) is 4.90 Å². The molecule has 1 aromatic carbocycles. The highest BCUT2D eigenvalue weighted by atomic mass is 32.2. The largest absolute Gasteiger partial charge is 0.339 e. The van der Waals surface area contributed by atoms with Crippen molar-refractivity contribution in [2.45, 2.75) is 30.2 Å². The molecule has 5 nitrogen and oxygen atoms in total. The Morgan fingerprint density at radius 3 is 2.30 bits per heavy atom. The molecule has 0 saturated heterocycles. The van der Waals surface area contributed by atoms with Crippen molar-refractivity contribution in [3.05, 3.63) is 29.3 Å². The minimum absolute atomic E-state index is 0.0102. The molecule has 0 bridgehead atoms. The smallest absolute Gasteiger partial charge is 0.255 e. The van der Waals surface area contributed by atoms with Gasteiger partial charge in [0.25, 0.3) is 5.91 Å². The molecule has 0 atom stereocenters. The molecule has 20 heavy (non-hydrogen) atoms. The third kappa shape index (κ3) is 2.66. The second kappa shape index (κ2) is 5.10. The van der Waals surface area contributed by atoms with E-state index in [-0.39, 0.29) is 6.04 Å². The Kier molecular flexibility index (Phi) is 3.79. The molecule has 0 aliphatic heterocycles. The van der Waals surface area contributed by atoms with E-state index in [1.165, 1.54) is 11.9 Å². The maximum absolute atomic E-state index is 13.3. The predicted molar refractivity (Wildman–Crippen MR) is 67.5 cm³/mol. The standard InChI is InChI=1S/C12H14F2N2O3S/c1-16(7-3-2-4-7)12(17)8-5-9(13)10(14)6-11(8)20(15,18)19/h5-7H,2-4H2,1H3,(H2,15,18,19). The first-order valence-corrected chi connectivity index (χ1v) is 7.55. The van der Waals surface area contributed by atoms with E-state index < -0.39 is 38.0 Å². The molecule has 2 rings (SSSR count). The molecule has 2 N–H and O–H groups in total. The lowest BCUT2D eigenvalue weighted by Crippen LogP contribution is -2.42. The summed E-state index contributed by atoms with van der Waals surface area (Å²) in [5, 5.41) is 4.95. The summed E-state index contributed by atoms with van der Waals surface area (Å²) < 4.78 is 49.3. The van der Waals surface area contributed by atoms with Crippen LogP contribution in [0.2, 0.25) is 0 Å². The lowest BCUT2D eigenvalue weighted by atomic mass is 9.91. The van der Waals surface area contributed by atoms with Crippen molar-refractivity contribution >= 4 is 15.9 Å². The summed E-state index contributed by atoms with van der Waals surface area (Å²) in [6.45, 7) is 0. The Morgan fingerprint density at radius 1 is 1.30 bits per heavy atom. The second-order valence-corrected chi connectivity index (χ2v) is 6.34. The average Bonchev–Trinajstić information content (AvgIpc) is 2.27. The van der Waals surface area contributed by atoms with Crippen LogP contribution in [0.25, 0.3) is 0 Å². The molecule has 1 aliphatic rings. The molecule has 110 valence electrons. The van der Waals surface area contributed by atoms with Crippen LogP contribution in [0.3, 0.4) is 0 Å². The zero-order valence-electron chi connectivity index (χ0n) is 10.8.